The van der Waals surface area contributed by atoms with Crippen LogP contribution in [0.5, 0.6) is 0 Å². The van der Waals surface area contributed by atoms with Crippen molar-refractivity contribution in [1.82, 2.24) is 9.47 Å². The van der Waals surface area contributed by atoms with Gasteiger partial charge in [0, 0.05) is 19.8 Å². The van der Waals surface area contributed by atoms with Crippen LogP contribution in [0.1, 0.15) is 23.8 Å². The molecule has 0 radical (unpaired) electrons. The Morgan fingerprint density at radius 1 is 1.50 bits per heavy atom. The molecule has 0 saturated heterocycles. The second-order valence-corrected chi connectivity index (χ2v) is 4.07. The van der Waals surface area contributed by atoms with Crippen molar-refractivity contribution in [3.63, 3.8) is 0 Å². The first-order valence-electron chi connectivity index (χ1n) is 5.77. The summed E-state index contributed by atoms with van der Waals surface area (Å²) in [4.78, 5) is 25.0. The van der Waals surface area contributed by atoms with Crippen LogP contribution in [0.2, 0.25) is 0 Å². The molecular formula is C12H19N3O3. The highest BCUT2D eigenvalue weighted by Gasteiger charge is 2.20. The highest BCUT2D eigenvalue weighted by molar-refractivity contribution is 5.95. The van der Waals surface area contributed by atoms with Crippen LogP contribution in [-0.2, 0) is 16.6 Å². The molecule has 6 heteroatoms. The SMILES string of the molecule is CCCN(CC(=O)OC)C(=O)c1cc(N)cn1C. The Morgan fingerprint density at radius 3 is 2.61 bits per heavy atom. The molecule has 0 aromatic carbocycles. The summed E-state index contributed by atoms with van der Waals surface area (Å²) in [5, 5.41) is 0. The monoisotopic (exact) mass is 253 g/mol. The number of nitrogens with zero attached hydrogens (tertiary/aromatic N) is 2. The molecule has 100 valence electrons. The van der Waals surface area contributed by atoms with Gasteiger partial charge in [0.15, 0.2) is 0 Å². The summed E-state index contributed by atoms with van der Waals surface area (Å²) in [7, 11) is 3.04. The van der Waals surface area contributed by atoms with Crippen LogP contribution in [0.25, 0.3) is 0 Å². The van der Waals surface area contributed by atoms with Gasteiger partial charge in [-0.15, -0.1) is 0 Å². The summed E-state index contributed by atoms with van der Waals surface area (Å²) >= 11 is 0. The van der Waals surface area contributed by atoms with Crippen molar-refractivity contribution >= 4 is 17.6 Å². The number of carbonyl (C=O) groups excluding carboxylic acids is 2. The Labute approximate surface area is 106 Å². The summed E-state index contributed by atoms with van der Waals surface area (Å²) in [5.74, 6) is -0.652. The van der Waals surface area contributed by atoms with E-state index in [1.165, 1.54) is 12.0 Å². The van der Waals surface area contributed by atoms with Gasteiger partial charge in [-0.3, -0.25) is 9.59 Å². The Bertz CT molecular complexity index is 440. The Hall–Kier alpha value is -1.98. The number of hydrogen-bond acceptors (Lipinski definition) is 4. The molecule has 6 nitrogen and oxygen atoms in total. The summed E-state index contributed by atoms with van der Waals surface area (Å²) < 4.78 is 6.23. The van der Waals surface area contributed by atoms with Gasteiger partial charge in [0.05, 0.1) is 12.8 Å². The van der Waals surface area contributed by atoms with E-state index in [-0.39, 0.29) is 12.5 Å². The first-order chi connectivity index (χ1) is 8.49. The summed E-state index contributed by atoms with van der Waals surface area (Å²) in [6.07, 6.45) is 2.43. The molecule has 0 bridgehead atoms. The predicted octanol–water partition coefficient (Wildman–Crippen LogP) is 0.632. The van der Waals surface area contributed by atoms with E-state index in [0.29, 0.717) is 17.9 Å². The number of aromatic nitrogens is 1. The number of esters is 1. The van der Waals surface area contributed by atoms with E-state index in [0.717, 1.165) is 6.42 Å². The van der Waals surface area contributed by atoms with Crippen LogP contribution in [-0.4, -0.2) is 41.5 Å². The maximum Gasteiger partial charge on any atom is 0.325 e. The van der Waals surface area contributed by atoms with Crippen LogP contribution in [0.15, 0.2) is 12.3 Å². The van der Waals surface area contributed by atoms with Gasteiger partial charge in [-0.05, 0) is 12.5 Å². The number of hydrogen-bond donors (Lipinski definition) is 1. The smallest absolute Gasteiger partial charge is 0.325 e. The van der Waals surface area contributed by atoms with Crippen molar-refractivity contribution in [2.75, 3.05) is 25.9 Å². The average Bonchev–Trinajstić information content (AvgIpc) is 2.66. The second kappa shape index (κ2) is 6.09. The Kier molecular flexibility index (Phi) is 4.76. The summed E-state index contributed by atoms with van der Waals surface area (Å²) in [5.41, 5.74) is 6.62. The fraction of sp³-hybridized carbons (Fsp3) is 0.500. The van der Waals surface area contributed by atoms with Gasteiger partial charge in [-0.25, -0.2) is 0 Å². The number of ether oxygens (including phenoxy) is 1. The molecule has 0 unspecified atom stereocenters. The number of anilines is 1. The van der Waals surface area contributed by atoms with Crippen molar-refractivity contribution in [2.45, 2.75) is 13.3 Å². The zero-order chi connectivity index (χ0) is 13.7. The molecule has 1 rings (SSSR count). The molecule has 0 aliphatic carbocycles. The molecule has 0 aliphatic rings. The lowest BCUT2D eigenvalue weighted by Gasteiger charge is -2.20. The second-order valence-electron chi connectivity index (χ2n) is 4.07. The van der Waals surface area contributed by atoms with Crippen LogP contribution in [0, 0.1) is 0 Å². The number of nitrogens with two attached hydrogens (primary N) is 1. The third-order valence-corrected chi connectivity index (χ3v) is 2.57. The molecule has 1 heterocycles. The number of aryl methyl sites for hydroxylation is 1. The van der Waals surface area contributed by atoms with Crippen molar-refractivity contribution in [3.8, 4) is 0 Å². The van der Waals surface area contributed by atoms with Crippen molar-refractivity contribution in [1.29, 1.82) is 0 Å². The Morgan fingerprint density at radius 2 is 2.17 bits per heavy atom. The van der Waals surface area contributed by atoms with E-state index < -0.39 is 5.97 Å². The van der Waals surface area contributed by atoms with E-state index in [1.807, 2.05) is 6.92 Å². The molecular weight excluding hydrogens is 234 g/mol. The van der Waals surface area contributed by atoms with Crippen LogP contribution >= 0.6 is 0 Å². The van der Waals surface area contributed by atoms with Gasteiger partial charge in [0.25, 0.3) is 5.91 Å². The largest absolute Gasteiger partial charge is 0.468 e. The van der Waals surface area contributed by atoms with Crippen molar-refractivity contribution in [2.24, 2.45) is 7.05 Å². The van der Waals surface area contributed by atoms with E-state index in [9.17, 15) is 9.59 Å². The minimum Gasteiger partial charge on any atom is -0.468 e. The molecule has 0 saturated carbocycles. The molecule has 1 amide bonds. The molecule has 0 spiro atoms. The van der Waals surface area contributed by atoms with E-state index in [4.69, 9.17) is 5.73 Å². The molecule has 1 aromatic rings. The molecule has 0 fully saturated rings. The first kappa shape index (κ1) is 14.1. The standard InChI is InChI=1S/C12H19N3O3/c1-4-5-15(8-11(16)18-3)12(17)10-6-9(13)7-14(10)2/h6-7H,4-5,8,13H2,1-3H3. The number of nitrogen functional groups attached to an aromatic ring is 1. The molecule has 18 heavy (non-hydrogen) atoms. The fourth-order valence-electron chi connectivity index (χ4n) is 1.71. The average molecular weight is 253 g/mol. The molecule has 2 N–H and O–H groups in total. The number of rotatable bonds is 5. The maximum absolute atomic E-state index is 12.3. The number of methoxy groups -OCH3 is 1. The van der Waals surface area contributed by atoms with Gasteiger partial charge in [0.2, 0.25) is 0 Å². The zero-order valence-electron chi connectivity index (χ0n) is 11.0. The normalized spacial score (nSPS) is 10.2. The zero-order valence-corrected chi connectivity index (χ0v) is 11.0. The van der Waals surface area contributed by atoms with Gasteiger partial charge >= 0.3 is 5.97 Å². The molecule has 0 aliphatic heterocycles. The quantitative estimate of drug-likeness (QED) is 0.781. The molecule has 1 aromatic heterocycles. The number of carbonyl (C=O) groups is 2. The highest BCUT2D eigenvalue weighted by atomic mass is 16.5. The Balaban J connectivity index is 2.88. The summed E-state index contributed by atoms with van der Waals surface area (Å²) in [6, 6.07) is 1.60. The van der Waals surface area contributed by atoms with Gasteiger partial charge in [-0.1, -0.05) is 6.92 Å². The highest BCUT2D eigenvalue weighted by Crippen LogP contribution is 2.12. The third kappa shape index (κ3) is 3.26. The van der Waals surface area contributed by atoms with E-state index >= 15 is 0 Å². The summed E-state index contributed by atoms with van der Waals surface area (Å²) in [6.45, 7) is 2.39. The topological polar surface area (TPSA) is 77.6 Å². The van der Waals surface area contributed by atoms with Crippen LogP contribution < -0.4 is 5.73 Å². The lowest BCUT2D eigenvalue weighted by Crippen LogP contribution is -2.37. The van der Waals surface area contributed by atoms with E-state index in [1.54, 1.807) is 23.9 Å². The maximum atomic E-state index is 12.3. The molecule has 0 atom stereocenters. The first-order valence-corrected chi connectivity index (χ1v) is 5.77. The number of amides is 1. The fourth-order valence-corrected chi connectivity index (χ4v) is 1.71. The van der Waals surface area contributed by atoms with Gasteiger partial charge in [-0.2, -0.15) is 0 Å². The van der Waals surface area contributed by atoms with Crippen molar-refractivity contribution < 1.29 is 14.3 Å². The minimum atomic E-state index is -0.431. The van der Waals surface area contributed by atoms with Gasteiger partial charge < -0.3 is 19.9 Å². The third-order valence-electron chi connectivity index (χ3n) is 2.57. The van der Waals surface area contributed by atoms with E-state index in [2.05, 4.69) is 4.74 Å². The lowest BCUT2D eigenvalue weighted by molar-refractivity contribution is -0.141. The van der Waals surface area contributed by atoms with Crippen LogP contribution in [0.4, 0.5) is 5.69 Å². The van der Waals surface area contributed by atoms with Gasteiger partial charge in [0.1, 0.15) is 12.2 Å². The minimum absolute atomic E-state index is 0.0474. The van der Waals surface area contributed by atoms with Crippen LogP contribution in [0.3, 0.4) is 0 Å². The predicted molar refractivity (Wildman–Crippen MR) is 68.0 cm³/mol. The van der Waals surface area contributed by atoms with Crippen molar-refractivity contribution in [3.05, 3.63) is 18.0 Å². The lowest BCUT2D eigenvalue weighted by atomic mass is 10.3.